The average Bonchev–Trinajstić information content (AvgIpc) is 3.03. The van der Waals surface area contributed by atoms with Crippen molar-refractivity contribution in [2.24, 2.45) is 0 Å². The maximum Gasteiger partial charge on any atom is 0.340 e. The van der Waals surface area contributed by atoms with Gasteiger partial charge in [0.1, 0.15) is 18.1 Å². The highest BCUT2D eigenvalue weighted by atomic mass is 79.9. The minimum absolute atomic E-state index is 0.239. The molecule has 0 unspecified atom stereocenters. The van der Waals surface area contributed by atoms with E-state index in [2.05, 4.69) is 26.1 Å². The summed E-state index contributed by atoms with van der Waals surface area (Å²) in [6, 6.07) is 11.4. The van der Waals surface area contributed by atoms with Crippen LogP contribution in [-0.2, 0) is 11.3 Å². The van der Waals surface area contributed by atoms with Gasteiger partial charge in [0.15, 0.2) is 0 Å². The van der Waals surface area contributed by atoms with Crippen molar-refractivity contribution in [2.45, 2.75) is 27.4 Å². The normalized spacial score (nSPS) is 10.7. The first kappa shape index (κ1) is 19.1. The molecule has 27 heavy (non-hydrogen) atoms. The molecule has 1 aromatic carbocycles. The molecule has 3 aromatic rings. The van der Waals surface area contributed by atoms with Crippen molar-refractivity contribution in [1.82, 2.24) is 10.1 Å². The van der Waals surface area contributed by atoms with Crippen LogP contribution in [-0.4, -0.2) is 22.7 Å². The van der Waals surface area contributed by atoms with E-state index in [1.807, 2.05) is 37.3 Å². The quantitative estimate of drug-likeness (QED) is 0.519. The van der Waals surface area contributed by atoms with Gasteiger partial charge in [-0.05, 0) is 42.8 Å². The number of carbonyl (C=O) groups is 1. The van der Waals surface area contributed by atoms with E-state index in [0.29, 0.717) is 34.0 Å². The summed E-state index contributed by atoms with van der Waals surface area (Å²) in [5.41, 5.74) is 3.49. The van der Waals surface area contributed by atoms with Crippen LogP contribution in [0.5, 0.6) is 5.88 Å². The molecule has 0 aliphatic carbocycles. The fourth-order valence-electron chi connectivity index (χ4n) is 2.60. The molecule has 0 atom stereocenters. The second-order valence-corrected chi connectivity index (χ2v) is 6.70. The highest BCUT2D eigenvalue weighted by Gasteiger charge is 2.18. The Labute approximate surface area is 165 Å². The summed E-state index contributed by atoms with van der Waals surface area (Å²) in [5, 5.41) is 4.15. The van der Waals surface area contributed by atoms with Crippen molar-refractivity contribution in [3.63, 3.8) is 0 Å². The van der Waals surface area contributed by atoms with E-state index in [1.54, 1.807) is 19.9 Å². The number of halogens is 1. The molecule has 2 aromatic heterocycles. The third kappa shape index (κ3) is 4.19. The van der Waals surface area contributed by atoms with Crippen LogP contribution in [0, 0.1) is 13.8 Å². The van der Waals surface area contributed by atoms with Crippen LogP contribution >= 0.6 is 15.9 Å². The minimum Gasteiger partial charge on any atom is -0.472 e. The van der Waals surface area contributed by atoms with Crippen molar-refractivity contribution < 1.29 is 18.8 Å². The highest BCUT2D eigenvalue weighted by Crippen LogP contribution is 2.29. The van der Waals surface area contributed by atoms with Crippen LogP contribution in [0.3, 0.4) is 0 Å². The van der Waals surface area contributed by atoms with E-state index in [-0.39, 0.29) is 6.61 Å². The lowest BCUT2D eigenvalue weighted by Gasteiger charge is -2.11. The molecule has 6 nitrogen and oxygen atoms in total. The highest BCUT2D eigenvalue weighted by molar-refractivity contribution is 9.10. The summed E-state index contributed by atoms with van der Waals surface area (Å²) in [7, 11) is 0. The molecular weight excluding hydrogens is 412 g/mol. The summed E-state index contributed by atoms with van der Waals surface area (Å²) in [5.74, 6) is 0.668. The lowest BCUT2D eigenvalue weighted by Crippen LogP contribution is -2.09. The number of pyridine rings is 1. The third-order valence-corrected chi connectivity index (χ3v) is 4.58. The molecular formula is C20H19BrN2O4. The number of hydrogen-bond acceptors (Lipinski definition) is 6. The lowest BCUT2D eigenvalue weighted by molar-refractivity contribution is 0.0524. The Hall–Kier alpha value is -2.67. The zero-order valence-corrected chi connectivity index (χ0v) is 16.9. The number of rotatable bonds is 6. The number of esters is 1. The van der Waals surface area contributed by atoms with Crippen LogP contribution in [0.4, 0.5) is 0 Å². The Bertz CT molecular complexity index is 954. The monoisotopic (exact) mass is 430 g/mol. The van der Waals surface area contributed by atoms with Gasteiger partial charge in [-0.2, -0.15) is 0 Å². The van der Waals surface area contributed by atoms with E-state index < -0.39 is 5.97 Å². The Morgan fingerprint density at radius 1 is 1.22 bits per heavy atom. The predicted molar refractivity (Wildman–Crippen MR) is 104 cm³/mol. The maximum absolute atomic E-state index is 12.0. The second kappa shape index (κ2) is 8.35. The van der Waals surface area contributed by atoms with Gasteiger partial charge in [-0.1, -0.05) is 35.5 Å². The first-order chi connectivity index (χ1) is 13.0. The Balaban J connectivity index is 1.83. The van der Waals surface area contributed by atoms with Gasteiger partial charge >= 0.3 is 5.97 Å². The van der Waals surface area contributed by atoms with Gasteiger partial charge in [0.2, 0.25) is 5.88 Å². The lowest BCUT2D eigenvalue weighted by atomic mass is 10.1. The summed E-state index contributed by atoms with van der Waals surface area (Å²) in [6.07, 6.45) is 0. The van der Waals surface area contributed by atoms with Gasteiger partial charge in [0.25, 0.3) is 0 Å². The number of nitrogens with zero attached hydrogens (tertiary/aromatic N) is 2. The van der Waals surface area contributed by atoms with E-state index in [0.717, 1.165) is 16.8 Å². The molecule has 7 heteroatoms. The summed E-state index contributed by atoms with van der Waals surface area (Å²) in [4.78, 5) is 16.4. The zero-order chi connectivity index (χ0) is 19.4. The Kier molecular flexibility index (Phi) is 5.91. The number of aryl methyl sites for hydroxylation is 2. The van der Waals surface area contributed by atoms with Crippen molar-refractivity contribution in [2.75, 3.05) is 6.61 Å². The SMILES string of the molecule is CCOC(=O)c1cc(Br)c(OCc2c(-c3ccccc3)noc2C)nc1C. The van der Waals surface area contributed by atoms with Crippen molar-refractivity contribution >= 4 is 21.9 Å². The predicted octanol–water partition coefficient (Wildman–Crippen LogP) is 4.87. The Morgan fingerprint density at radius 2 is 1.96 bits per heavy atom. The molecule has 2 heterocycles. The molecule has 0 saturated heterocycles. The van der Waals surface area contributed by atoms with Crippen LogP contribution in [0.25, 0.3) is 11.3 Å². The molecule has 0 saturated carbocycles. The van der Waals surface area contributed by atoms with Crippen LogP contribution in [0.1, 0.15) is 34.3 Å². The second-order valence-electron chi connectivity index (χ2n) is 5.85. The molecule has 0 N–H and O–H groups in total. The van der Waals surface area contributed by atoms with Crippen molar-refractivity contribution in [3.8, 4) is 17.1 Å². The van der Waals surface area contributed by atoms with E-state index in [4.69, 9.17) is 14.0 Å². The van der Waals surface area contributed by atoms with E-state index in [1.165, 1.54) is 0 Å². The molecule has 3 rings (SSSR count). The van der Waals surface area contributed by atoms with Gasteiger partial charge < -0.3 is 14.0 Å². The van der Waals surface area contributed by atoms with E-state index >= 15 is 0 Å². The van der Waals surface area contributed by atoms with Crippen molar-refractivity contribution in [1.29, 1.82) is 0 Å². The Morgan fingerprint density at radius 3 is 2.67 bits per heavy atom. The topological polar surface area (TPSA) is 74.5 Å². The van der Waals surface area contributed by atoms with Crippen molar-refractivity contribution in [3.05, 3.63) is 63.5 Å². The smallest absolute Gasteiger partial charge is 0.340 e. The van der Waals surface area contributed by atoms with Gasteiger partial charge in [0, 0.05) is 5.56 Å². The fourth-order valence-corrected chi connectivity index (χ4v) is 3.03. The van der Waals surface area contributed by atoms with Gasteiger partial charge in [-0.3, -0.25) is 0 Å². The fraction of sp³-hybridized carbons (Fsp3) is 0.250. The number of hydrogen-bond donors (Lipinski definition) is 0. The average molecular weight is 431 g/mol. The number of carbonyl (C=O) groups excluding carboxylic acids is 1. The molecule has 0 bridgehead atoms. The molecule has 0 aliphatic heterocycles. The number of benzene rings is 1. The molecule has 140 valence electrons. The summed E-state index contributed by atoms with van der Waals surface area (Å²) >= 11 is 3.41. The number of aromatic nitrogens is 2. The minimum atomic E-state index is -0.406. The summed E-state index contributed by atoms with van der Waals surface area (Å²) < 4.78 is 16.9. The van der Waals surface area contributed by atoms with Crippen LogP contribution < -0.4 is 4.74 Å². The van der Waals surface area contributed by atoms with E-state index in [9.17, 15) is 4.79 Å². The van der Waals surface area contributed by atoms with Gasteiger partial charge in [-0.15, -0.1) is 0 Å². The first-order valence-electron chi connectivity index (χ1n) is 8.48. The molecule has 0 amide bonds. The first-order valence-corrected chi connectivity index (χ1v) is 9.28. The van der Waals surface area contributed by atoms with Crippen LogP contribution in [0.15, 0.2) is 45.4 Å². The van der Waals surface area contributed by atoms with Gasteiger partial charge in [0.05, 0.1) is 27.9 Å². The largest absolute Gasteiger partial charge is 0.472 e. The number of ether oxygens (including phenoxy) is 2. The maximum atomic E-state index is 12.0. The van der Waals surface area contributed by atoms with Gasteiger partial charge in [-0.25, -0.2) is 9.78 Å². The standard InChI is InChI=1S/C20H19BrN2O4/c1-4-25-20(24)15-10-17(21)19(22-12(15)2)26-11-16-13(3)27-23-18(16)14-8-6-5-7-9-14/h5-10H,4,11H2,1-3H3. The van der Waals surface area contributed by atoms with Crippen LogP contribution in [0.2, 0.25) is 0 Å². The zero-order valence-electron chi connectivity index (χ0n) is 15.3. The summed E-state index contributed by atoms with van der Waals surface area (Å²) in [6.45, 7) is 5.90. The molecule has 0 spiro atoms. The third-order valence-electron chi connectivity index (χ3n) is 4.01. The molecule has 0 fully saturated rings. The molecule has 0 aliphatic rings. The molecule has 0 radical (unpaired) electrons.